The van der Waals surface area contributed by atoms with Crippen molar-refractivity contribution in [3.05, 3.63) is 168 Å². The Bertz CT molecular complexity index is 2190. The molecule has 0 aliphatic carbocycles. The number of nitrogens with one attached hydrogen (secondary N) is 1. The van der Waals surface area contributed by atoms with Crippen LogP contribution in [0.4, 0.5) is 0 Å². The first kappa shape index (κ1) is 41.8. The quantitative estimate of drug-likeness (QED) is 0.0511. The fourth-order valence-corrected chi connectivity index (χ4v) is 6.86. The number of ether oxygens (including phenoxy) is 4. The molecule has 2 atom stereocenters. The van der Waals surface area contributed by atoms with Crippen LogP contribution in [0.25, 0.3) is 21.5 Å². The number of esters is 2. The van der Waals surface area contributed by atoms with Gasteiger partial charge in [-0.25, -0.2) is 9.59 Å². The van der Waals surface area contributed by atoms with Crippen LogP contribution in [-0.2, 0) is 59.4 Å². The van der Waals surface area contributed by atoms with E-state index in [1.807, 2.05) is 78.9 Å². The Labute approximate surface area is 341 Å². The Morgan fingerprint density at radius 2 is 0.914 bits per heavy atom. The Hall–Kier alpha value is -5.83. The van der Waals surface area contributed by atoms with E-state index in [1.54, 1.807) is 0 Å². The Kier molecular flexibility index (Phi) is 16.4. The Morgan fingerprint density at radius 1 is 0.448 bits per heavy atom. The van der Waals surface area contributed by atoms with E-state index >= 15 is 0 Å². The zero-order valence-corrected chi connectivity index (χ0v) is 33.1. The molecule has 0 bridgehead atoms. The third-order valence-electron chi connectivity index (χ3n) is 10.1. The van der Waals surface area contributed by atoms with Gasteiger partial charge in [-0.1, -0.05) is 158 Å². The van der Waals surface area contributed by atoms with Gasteiger partial charge in [0.1, 0.15) is 19.8 Å². The van der Waals surface area contributed by atoms with Gasteiger partial charge in [0.05, 0.1) is 0 Å². The second-order valence-electron chi connectivity index (χ2n) is 14.5. The van der Waals surface area contributed by atoms with E-state index in [1.165, 1.54) is 32.7 Å². The SMILES string of the molecule is O=C(CO[C@@H](C(=O)OCc1ccccc1)[C@@H](OCCCCCc1ccc2ccccc2c1)C(=O)OCc1ccccc1)NCCCCCc1ccc2ccccc2c1. The predicted molar refractivity (Wildman–Crippen MR) is 228 cm³/mol. The predicted octanol–water partition coefficient (Wildman–Crippen LogP) is 9.49. The lowest BCUT2D eigenvalue weighted by Crippen LogP contribution is -2.47. The van der Waals surface area contributed by atoms with Crippen LogP contribution in [0.3, 0.4) is 0 Å². The Morgan fingerprint density at radius 3 is 1.45 bits per heavy atom. The molecule has 1 N–H and O–H groups in total. The summed E-state index contributed by atoms with van der Waals surface area (Å²) < 4.78 is 23.4. The summed E-state index contributed by atoms with van der Waals surface area (Å²) in [6.45, 7) is 0.130. The van der Waals surface area contributed by atoms with Gasteiger partial charge in [-0.15, -0.1) is 0 Å². The molecule has 0 unspecified atom stereocenters. The summed E-state index contributed by atoms with van der Waals surface area (Å²) in [6, 6.07) is 48.2. The maximum atomic E-state index is 13.7. The lowest BCUT2D eigenvalue weighted by atomic mass is 10.0. The van der Waals surface area contributed by atoms with Crippen LogP contribution in [-0.4, -0.2) is 49.8 Å². The van der Waals surface area contributed by atoms with E-state index < -0.39 is 36.7 Å². The number of amides is 1. The summed E-state index contributed by atoms with van der Waals surface area (Å²) in [5, 5.41) is 7.78. The van der Waals surface area contributed by atoms with Crippen molar-refractivity contribution >= 4 is 39.4 Å². The summed E-state index contributed by atoms with van der Waals surface area (Å²) in [5.41, 5.74) is 4.10. The molecule has 300 valence electrons. The minimum atomic E-state index is -1.53. The molecule has 0 aliphatic rings. The molecule has 0 spiro atoms. The minimum absolute atomic E-state index is 0.0155. The topological polar surface area (TPSA) is 100 Å². The third-order valence-corrected chi connectivity index (χ3v) is 10.1. The van der Waals surface area contributed by atoms with Gasteiger partial charge >= 0.3 is 11.9 Å². The summed E-state index contributed by atoms with van der Waals surface area (Å²) in [5.74, 6) is -1.99. The summed E-state index contributed by atoms with van der Waals surface area (Å²) >= 11 is 0. The van der Waals surface area contributed by atoms with Gasteiger partial charge in [0.2, 0.25) is 5.91 Å². The van der Waals surface area contributed by atoms with E-state index in [9.17, 15) is 14.4 Å². The van der Waals surface area contributed by atoms with Crippen LogP contribution in [0, 0.1) is 0 Å². The molecule has 6 aromatic rings. The van der Waals surface area contributed by atoms with Crippen molar-refractivity contribution in [2.24, 2.45) is 0 Å². The number of carbonyl (C=O) groups excluding carboxylic acids is 3. The van der Waals surface area contributed by atoms with Crippen molar-refractivity contribution in [2.75, 3.05) is 19.8 Å². The normalized spacial score (nSPS) is 12.2. The van der Waals surface area contributed by atoms with Gasteiger partial charge in [-0.05, 0) is 82.3 Å². The first-order valence-electron chi connectivity index (χ1n) is 20.4. The molecular weight excluding hydrogens is 727 g/mol. The van der Waals surface area contributed by atoms with Crippen molar-refractivity contribution in [1.82, 2.24) is 5.32 Å². The summed E-state index contributed by atoms with van der Waals surface area (Å²) in [4.78, 5) is 40.4. The molecule has 0 heterocycles. The molecule has 8 heteroatoms. The average Bonchev–Trinajstić information content (AvgIpc) is 3.27. The van der Waals surface area contributed by atoms with E-state index in [-0.39, 0.29) is 19.8 Å². The number of carbonyl (C=O) groups is 3. The highest BCUT2D eigenvalue weighted by Gasteiger charge is 2.39. The molecule has 0 radical (unpaired) electrons. The second-order valence-corrected chi connectivity index (χ2v) is 14.5. The standard InChI is InChI=1S/C50H53NO7/c52-46(51-31-15-3-9-17-38-27-29-42-23-11-13-25-44(42)33-38)37-56-48(50(54)58-36-41-21-7-2-8-22-41)47(49(53)57-35-40-19-5-1-6-20-40)55-32-16-4-10-18-39-28-30-43-24-12-14-26-45(43)34-39/h1-2,5-8,11-14,19-30,33-34,47-48H,3-4,9-10,15-18,31-32,35-37H2,(H,51,52)/t47-,48-/m1/s1. The number of unbranched alkanes of at least 4 members (excludes halogenated alkanes) is 4. The number of benzene rings is 6. The average molecular weight is 780 g/mol. The summed E-state index contributed by atoms with van der Waals surface area (Å²) in [7, 11) is 0. The molecule has 1 amide bonds. The number of hydrogen-bond acceptors (Lipinski definition) is 7. The first-order valence-corrected chi connectivity index (χ1v) is 20.4. The maximum absolute atomic E-state index is 13.7. The van der Waals surface area contributed by atoms with E-state index in [0.717, 1.165) is 56.1 Å². The Balaban J connectivity index is 1.03. The molecular formula is C50H53NO7. The van der Waals surface area contributed by atoms with Crippen LogP contribution >= 0.6 is 0 Å². The molecule has 6 aromatic carbocycles. The van der Waals surface area contributed by atoms with Crippen molar-refractivity contribution in [3.8, 4) is 0 Å². The van der Waals surface area contributed by atoms with Gasteiger partial charge in [-0.3, -0.25) is 4.79 Å². The van der Waals surface area contributed by atoms with Gasteiger partial charge in [0.15, 0.2) is 12.2 Å². The number of fused-ring (bicyclic) bond motifs is 2. The second kappa shape index (κ2) is 22.8. The largest absolute Gasteiger partial charge is 0.459 e. The van der Waals surface area contributed by atoms with Gasteiger partial charge in [0, 0.05) is 13.2 Å². The van der Waals surface area contributed by atoms with E-state index in [2.05, 4.69) is 72.0 Å². The first-order chi connectivity index (χ1) is 28.5. The number of rotatable bonds is 23. The molecule has 58 heavy (non-hydrogen) atoms. The molecule has 8 nitrogen and oxygen atoms in total. The molecule has 0 saturated carbocycles. The van der Waals surface area contributed by atoms with Crippen molar-refractivity contribution < 1.29 is 33.3 Å². The minimum Gasteiger partial charge on any atom is -0.459 e. The van der Waals surface area contributed by atoms with E-state index in [0.29, 0.717) is 13.0 Å². The van der Waals surface area contributed by atoms with E-state index in [4.69, 9.17) is 18.9 Å². The lowest BCUT2D eigenvalue weighted by molar-refractivity contribution is -0.185. The van der Waals surface area contributed by atoms with Crippen LogP contribution < -0.4 is 5.32 Å². The number of hydrogen-bond donors (Lipinski definition) is 1. The molecule has 0 aromatic heterocycles. The smallest absolute Gasteiger partial charge is 0.339 e. The van der Waals surface area contributed by atoms with Gasteiger partial charge < -0.3 is 24.3 Å². The third kappa shape index (κ3) is 13.4. The van der Waals surface area contributed by atoms with Crippen molar-refractivity contribution in [3.63, 3.8) is 0 Å². The molecule has 0 fully saturated rings. The van der Waals surface area contributed by atoms with Crippen LogP contribution in [0.5, 0.6) is 0 Å². The zero-order chi connectivity index (χ0) is 40.2. The molecule has 6 rings (SSSR count). The maximum Gasteiger partial charge on any atom is 0.339 e. The van der Waals surface area contributed by atoms with Gasteiger partial charge in [-0.2, -0.15) is 0 Å². The highest BCUT2D eigenvalue weighted by molar-refractivity contribution is 5.86. The number of aryl methyl sites for hydroxylation is 2. The fraction of sp³-hybridized carbons (Fsp3) is 0.300. The molecule has 0 saturated heterocycles. The highest BCUT2D eigenvalue weighted by atomic mass is 16.6. The van der Waals surface area contributed by atoms with Crippen LogP contribution in [0.15, 0.2) is 146 Å². The van der Waals surface area contributed by atoms with Crippen molar-refractivity contribution in [2.45, 2.75) is 76.8 Å². The monoisotopic (exact) mass is 779 g/mol. The van der Waals surface area contributed by atoms with Crippen molar-refractivity contribution in [1.29, 1.82) is 0 Å². The van der Waals surface area contributed by atoms with Crippen LogP contribution in [0.1, 0.15) is 60.8 Å². The summed E-state index contributed by atoms with van der Waals surface area (Å²) in [6.07, 6.45) is 4.02. The fourth-order valence-electron chi connectivity index (χ4n) is 6.86. The highest BCUT2D eigenvalue weighted by Crippen LogP contribution is 2.20. The lowest BCUT2D eigenvalue weighted by Gasteiger charge is -2.25. The zero-order valence-electron chi connectivity index (χ0n) is 33.1. The van der Waals surface area contributed by atoms with Gasteiger partial charge in [0.25, 0.3) is 0 Å². The molecule has 0 aliphatic heterocycles. The van der Waals surface area contributed by atoms with Crippen LogP contribution in [0.2, 0.25) is 0 Å².